The molecule has 4 nitrogen and oxygen atoms in total. The molecule has 0 spiro atoms. The molecule has 1 aromatic carbocycles. The zero-order valence-electron chi connectivity index (χ0n) is 11.0. The average molecular weight is 279 g/mol. The Morgan fingerprint density at radius 1 is 1.10 bits per heavy atom. The average Bonchev–Trinajstić information content (AvgIpc) is 2.42. The summed E-state index contributed by atoms with van der Waals surface area (Å²) >= 11 is 0. The van der Waals surface area contributed by atoms with Gasteiger partial charge in [0.2, 0.25) is 0 Å². The lowest BCUT2D eigenvalue weighted by Gasteiger charge is -2.07. The molecule has 0 saturated carbocycles. The van der Waals surface area contributed by atoms with E-state index in [0.29, 0.717) is 13.1 Å². The molecule has 0 aliphatic rings. The van der Waals surface area contributed by atoms with Crippen molar-refractivity contribution in [3.05, 3.63) is 53.6 Å². The van der Waals surface area contributed by atoms with E-state index in [1.807, 2.05) is 6.92 Å². The van der Waals surface area contributed by atoms with Crippen LogP contribution in [0.1, 0.15) is 17.0 Å². The van der Waals surface area contributed by atoms with Gasteiger partial charge in [-0.25, -0.2) is 0 Å². The standard InChI is InChI=1S/C14H15F2N3O/c1-10-6-19-12(9-18-10)8-17-7-11-2-4-13(5-3-11)20-14(15)16/h2-6,9,14,17H,7-8H2,1H3. The van der Waals surface area contributed by atoms with Gasteiger partial charge in [0.25, 0.3) is 0 Å². The number of benzene rings is 1. The minimum Gasteiger partial charge on any atom is -0.435 e. The largest absolute Gasteiger partial charge is 0.435 e. The van der Waals surface area contributed by atoms with Gasteiger partial charge in [-0.2, -0.15) is 8.78 Å². The second-order valence-electron chi connectivity index (χ2n) is 4.28. The zero-order valence-corrected chi connectivity index (χ0v) is 11.0. The van der Waals surface area contributed by atoms with Crippen molar-refractivity contribution >= 4 is 0 Å². The molecule has 0 unspecified atom stereocenters. The maximum Gasteiger partial charge on any atom is 0.387 e. The van der Waals surface area contributed by atoms with Gasteiger partial charge in [-0.05, 0) is 24.6 Å². The number of rotatable bonds is 6. The number of aryl methyl sites for hydroxylation is 1. The highest BCUT2D eigenvalue weighted by Gasteiger charge is 2.03. The second-order valence-corrected chi connectivity index (χ2v) is 4.28. The molecule has 0 saturated heterocycles. The first-order valence-corrected chi connectivity index (χ1v) is 6.15. The van der Waals surface area contributed by atoms with Gasteiger partial charge in [0.1, 0.15) is 5.75 Å². The molecule has 106 valence electrons. The molecule has 0 atom stereocenters. The van der Waals surface area contributed by atoms with E-state index in [9.17, 15) is 8.78 Å². The highest BCUT2D eigenvalue weighted by atomic mass is 19.3. The van der Waals surface area contributed by atoms with E-state index in [4.69, 9.17) is 0 Å². The van der Waals surface area contributed by atoms with Crippen LogP contribution < -0.4 is 10.1 Å². The third kappa shape index (κ3) is 4.55. The van der Waals surface area contributed by atoms with Crippen LogP contribution in [0.25, 0.3) is 0 Å². The Balaban J connectivity index is 1.80. The molecule has 2 aromatic rings. The van der Waals surface area contributed by atoms with Gasteiger partial charge in [-0.15, -0.1) is 0 Å². The molecular weight excluding hydrogens is 264 g/mol. The second kappa shape index (κ2) is 6.91. The Bertz CT molecular complexity index is 529. The number of hydrogen-bond donors (Lipinski definition) is 1. The molecule has 0 aliphatic carbocycles. The number of hydrogen-bond acceptors (Lipinski definition) is 4. The van der Waals surface area contributed by atoms with Gasteiger partial charge in [0.05, 0.1) is 11.4 Å². The van der Waals surface area contributed by atoms with E-state index in [-0.39, 0.29) is 5.75 Å². The fourth-order valence-corrected chi connectivity index (χ4v) is 1.63. The molecule has 6 heteroatoms. The summed E-state index contributed by atoms with van der Waals surface area (Å²) < 4.78 is 28.3. The Morgan fingerprint density at radius 3 is 2.45 bits per heavy atom. The normalized spacial score (nSPS) is 10.8. The van der Waals surface area contributed by atoms with Crippen LogP contribution in [0.3, 0.4) is 0 Å². The van der Waals surface area contributed by atoms with E-state index in [1.54, 1.807) is 24.5 Å². The van der Waals surface area contributed by atoms with E-state index in [1.165, 1.54) is 12.1 Å². The Labute approximate surface area is 115 Å². The van der Waals surface area contributed by atoms with Crippen LogP contribution in [0.2, 0.25) is 0 Å². The first kappa shape index (κ1) is 14.3. The summed E-state index contributed by atoms with van der Waals surface area (Å²) in [4.78, 5) is 8.38. The summed E-state index contributed by atoms with van der Waals surface area (Å²) in [7, 11) is 0. The van der Waals surface area contributed by atoms with Crippen molar-refractivity contribution in [2.75, 3.05) is 0 Å². The topological polar surface area (TPSA) is 47.0 Å². The molecule has 0 aliphatic heterocycles. The maximum absolute atomic E-state index is 12.0. The lowest BCUT2D eigenvalue weighted by molar-refractivity contribution is -0.0498. The van der Waals surface area contributed by atoms with Crippen molar-refractivity contribution in [2.24, 2.45) is 0 Å². The number of nitrogens with one attached hydrogen (secondary N) is 1. The van der Waals surface area contributed by atoms with Gasteiger partial charge < -0.3 is 10.1 Å². The number of halogens is 2. The first-order chi connectivity index (χ1) is 9.63. The van der Waals surface area contributed by atoms with Gasteiger partial charge >= 0.3 is 6.61 Å². The molecule has 1 heterocycles. The quantitative estimate of drug-likeness (QED) is 0.883. The molecule has 1 N–H and O–H groups in total. The van der Waals surface area contributed by atoms with Crippen molar-refractivity contribution in [3.63, 3.8) is 0 Å². The summed E-state index contributed by atoms with van der Waals surface area (Å²) in [5, 5.41) is 3.21. The molecule has 0 fully saturated rings. The number of ether oxygens (including phenoxy) is 1. The van der Waals surface area contributed by atoms with E-state index in [2.05, 4.69) is 20.0 Å². The maximum atomic E-state index is 12.0. The predicted octanol–water partition coefficient (Wildman–Crippen LogP) is 2.68. The smallest absolute Gasteiger partial charge is 0.387 e. The molecule has 0 amide bonds. The molecule has 20 heavy (non-hydrogen) atoms. The van der Waals surface area contributed by atoms with Gasteiger partial charge in [-0.1, -0.05) is 12.1 Å². The van der Waals surface area contributed by atoms with Crippen molar-refractivity contribution in [3.8, 4) is 5.75 Å². The van der Waals surface area contributed by atoms with Crippen LogP contribution in [0.5, 0.6) is 5.75 Å². The zero-order chi connectivity index (χ0) is 14.4. The lowest BCUT2D eigenvalue weighted by Crippen LogP contribution is -2.14. The molecule has 2 rings (SSSR count). The molecule has 0 radical (unpaired) electrons. The van der Waals surface area contributed by atoms with Gasteiger partial charge in [0.15, 0.2) is 0 Å². The van der Waals surface area contributed by atoms with Crippen molar-refractivity contribution in [2.45, 2.75) is 26.6 Å². The minimum absolute atomic E-state index is 0.160. The number of aromatic nitrogens is 2. The number of alkyl halides is 2. The Kier molecular flexibility index (Phi) is 4.95. The third-order valence-electron chi connectivity index (χ3n) is 2.62. The lowest BCUT2D eigenvalue weighted by atomic mass is 10.2. The molecule has 1 aromatic heterocycles. The van der Waals surface area contributed by atoms with Crippen molar-refractivity contribution < 1.29 is 13.5 Å². The van der Waals surface area contributed by atoms with Crippen LogP contribution in [0, 0.1) is 6.92 Å². The van der Waals surface area contributed by atoms with Gasteiger partial charge in [0, 0.05) is 25.5 Å². The van der Waals surface area contributed by atoms with Crippen LogP contribution >= 0.6 is 0 Å². The van der Waals surface area contributed by atoms with E-state index >= 15 is 0 Å². The van der Waals surface area contributed by atoms with E-state index in [0.717, 1.165) is 17.0 Å². The van der Waals surface area contributed by atoms with E-state index < -0.39 is 6.61 Å². The summed E-state index contributed by atoms with van der Waals surface area (Å²) in [5.41, 5.74) is 2.71. The van der Waals surface area contributed by atoms with Crippen LogP contribution in [0.15, 0.2) is 36.7 Å². The summed E-state index contributed by atoms with van der Waals surface area (Å²) in [6.45, 7) is 0.305. The Hall–Kier alpha value is -2.08. The molecule has 0 bridgehead atoms. The van der Waals surface area contributed by atoms with Crippen molar-refractivity contribution in [1.29, 1.82) is 0 Å². The first-order valence-electron chi connectivity index (χ1n) is 6.15. The van der Waals surface area contributed by atoms with Crippen LogP contribution in [-0.2, 0) is 13.1 Å². The minimum atomic E-state index is -2.79. The predicted molar refractivity (Wildman–Crippen MR) is 70.4 cm³/mol. The highest BCUT2D eigenvalue weighted by molar-refractivity contribution is 5.27. The summed E-state index contributed by atoms with van der Waals surface area (Å²) in [5.74, 6) is 0.160. The monoisotopic (exact) mass is 279 g/mol. The molecular formula is C14H15F2N3O. The van der Waals surface area contributed by atoms with Crippen LogP contribution in [-0.4, -0.2) is 16.6 Å². The fourth-order valence-electron chi connectivity index (χ4n) is 1.63. The van der Waals surface area contributed by atoms with Crippen molar-refractivity contribution in [1.82, 2.24) is 15.3 Å². The third-order valence-corrected chi connectivity index (χ3v) is 2.62. The summed E-state index contributed by atoms with van der Waals surface area (Å²) in [6, 6.07) is 6.53. The highest BCUT2D eigenvalue weighted by Crippen LogP contribution is 2.14. The Morgan fingerprint density at radius 2 is 1.85 bits per heavy atom. The van der Waals surface area contributed by atoms with Crippen LogP contribution in [0.4, 0.5) is 8.78 Å². The summed E-state index contributed by atoms with van der Waals surface area (Å²) in [6.07, 6.45) is 3.44. The SMILES string of the molecule is Cc1cnc(CNCc2ccc(OC(F)F)cc2)cn1. The number of nitrogens with zero attached hydrogens (tertiary/aromatic N) is 2. The fraction of sp³-hybridized carbons (Fsp3) is 0.286. The van der Waals surface area contributed by atoms with Gasteiger partial charge in [-0.3, -0.25) is 9.97 Å².